The van der Waals surface area contributed by atoms with Crippen molar-refractivity contribution in [3.05, 3.63) is 28.8 Å². The lowest BCUT2D eigenvalue weighted by atomic mass is 10.1. The van der Waals surface area contributed by atoms with Gasteiger partial charge in [-0.15, -0.1) is 0 Å². The van der Waals surface area contributed by atoms with E-state index in [4.69, 9.17) is 16.3 Å². The Morgan fingerprint density at radius 2 is 2.15 bits per heavy atom. The summed E-state index contributed by atoms with van der Waals surface area (Å²) in [6, 6.07) is 5.57. The summed E-state index contributed by atoms with van der Waals surface area (Å²) >= 11 is 6.21. The number of halogens is 1. The second-order valence-electron chi connectivity index (χ2n) is 5.01. The molecule has 1 amide bonds. The Balaban J connectivity index is 2.60. The average molecular weight is 299 g/mol. The van der Waals surface area contributed by atoms with Gasteiger partial charge in [-0.05, 0) is 24.6 Å². The Bertz CT molecular complexity index is 436. The van der Waals surface area contributed by atoms with Crippen molar-refractivity contribution < 1.29 is 9.53 Å². The minimum Gasteiger partial charge on any atom is -0.493 e. The number of carbonyl (C=O) groups is 1. The predicted molar refractivity (Wildman–Crippen MR) is 82.2 cm³/mol. The molecule has 1 aromatic carbocycles. The first-order valence-corrected chi connectivity index (χ1v) is 7.24. The van der Waals surface area contributed by atoms with Crippen LogP contribution in [0.1, 0.15) is 25.8 Å². The zero-order valence-corrected chi connectivity index (χ0v) is 13.1. The third kappa shape index (κ3) is 5.80. The number of rotatable bonds is 8. The smallest absolute Gasteiger partial charge is 0.223 e. The molecule has 0 radical (unpaired) electrons. The number of carbonyl (C=O) groups excluding carboxylic acids is 1. The van der Waals surface area contributed by atoms with Gasteiger partial charge in [0.05, 0.1) is 13.0 Å². The predicted octanol–water partition coefficient (Wildman–Crippen LogP) is 2.60. The molecule has 0 aliphatic carbocycles. The summed E-state index contributed by atoms with van der Waals surface area (Å²) in [7, 11) is 1.61. The van der Waals surface area contributed by atoms with Crippen LogP contribution in [-0.4, -0.2) is 26.1 Å². The van der Waals surface area contributed by atoms with E-state index in [0.29, 0.717) is 30.5 Å². The quantitative estimate of drug-likeness (QED) is 0.775. The van der Waals surface area contributed by atoms with E-state index in [-0.39, 0.29) is 5.91 Å². The van der Waals surface area contributed by atoms with E-state index >= 15 is 0 Å². The van der Waals surface area contributed by atoms with Crippen LogP contribution in [0.2, 0.25) is 5.02 Å². The molecule has 20 heavy (non-hydrogen) atoms. The number of nitrogens with one attached hydrogen (secondary N) is 2. The molecule has 1 aromatic rings. The van der Waals surface area contributed by atoms with Crippen LogP contribution in [-0.2, 0) is 11.3 Å². The Hall–Kier alpha value is -1.26. The molecule has 112 valence electrons. The van der Waals surface area contributed by atoms with Crippen LogP contribution in [0.3, 0.4) is 0 Å². The van der Waals surface area contributed by atoms with E-state index in [1.807, 2.05) is 18.2 Å². The van der Waals surface area contributed by atoms with Crippen molar-refractivity contribution in [2.45, 2.75) is 26.8 Å². The van der Waals surface area contributed by atoms with Crippen LogP contribution >= 0.6 is 11.6 Å². The number of amides is 1. The Morgan fingerprint density at radius 1 is 1.40 bits per heavy atom. The molecule has 0 saturated carbocycles. The van der Waals surface area contributed by atoms with Gasteiger partial charge in [-0.1, -0.05) is 31.5 Å². The van der Waals surface area contributed by atoms with Crippen LogP contribution in [0.5, 0.6) is 5.75 Å². The molecular weight excluding hydrogens is 276 g/mol. The van der Waals surface area contributed by atoms with Crippen molar-refractivity contribution in [1.29, 1.82) is 0 Å². The molecule has 0 aliphatic rings. The third-order valence-corrected chi connectivity index (χ3v) is 3.15. The van der Waals surface area contributed by atoms with Gasteiger partial charge >= 0.3 is 0 Å². The van der Waals surface area contributed by atoms with Crippen molar-refractivity contribution in [3.63, 3.8) is 0 Å². The molecule has 0 fully saturated rings. The summed E-state index contributed by atoms with van der Waals surface area (Å²) in [6.07, 6.45) is 0.335. The van der Waals surface area contributed by atoms with E-state index in [1.165, 1.54) is 0 Å². The molecule has 0 atom stereocenters. The normalized spacial score (nSPS) is 10.7. The van der Waals surface area contributed by atoms with Crippen molar-refractivity contribution in [1.82, 2.24) is 10.6 Å². The van der Waals surface area contributed by atoms with Crippen molar-refractivity contribution in [3.8, 4) is 5.75 Å². The van der Waals surface area contributed by atoms with Crippen LogP contribution in [0.15, 0.2) is 18.2 Å². The van der Waals surface area contributed by atoms with Crippen LogP contribution in [0.25, 0.3) is 0 Å². The van der Waals surface area contributed by atoms with Crippen molar-refractivity contribution in [2.24, 2.45) is 5.92 Å². The van der Waals surface area contributed by atoms with Gasteiger partial charge < -0.3 is 15.4 Å². The van der Waals surface area contributed by atoms with Gasteiger partial charge in [-0.2, -0.15) is 0 Å². The molecule has 0 bridgehead atoms. The summed E-state index contributed by atoms with van der Waals surface area (Å²) in [4.78, 5) is 11.2. The summed E-state index contributed by atoms with van der Waals surface area (Å²) < 4.78 is 5.66. The number of ether oxygens (including phenoxy) is 1. The zero-order chi connectivity index (χ0) is 15.0. The first kappa shape index (κ1) is 16.8. The fraction of sp³-hybridized carbons (Fsp3) is 0.533. The lowest BCUT2D eigenvalue weighted by molar-refractivity contribution is -0.121. The molecule has 0 aromatic heterocycles. The lowest BCUT2D eigenvalue weighted by Gasteiger charge is -2.14. The second-order valence-corrected chi connectivity index (χ2v) is 5.42. The van der Waals surface area contributed by atoms with Gasteiger partial charge in [0.2, 0.25) is 5.91 Å². The topological polar surface area (TPSA) is 50.4 Å². The maximum atomic E-state index is 11.2. The van der Waals surface area contributed by atoms with E-state index in [9.17, 15) is 4.79 Å². The molecule has 0 spiro atoms. The number of hydrogen-bond donors (Lipinski definition) is 2. The highest BCUT2D eigenvalue weighted by Gasteiger charge is 2.09. The minimum absolute atomic E-state index is 0.0356. The van der Waals surface area contributed by atoms with Crippen LogP contribution < -0.4 is 15.4 Å². The molecule has 0 aliphatic heterocycles. The van der Waals surface area contributed by atoms with Crippen molar-refractivity contribution in [2.75, 3.05) is 20.2 Å². The molecule has 2 N–H and O–H groups in total. The maximum Gasteiger partial charge on any atom is 0.223 e. The maximum absolute atomic E-state index is 11.2. The third-order valence-electron chi connectivity index (χ3n) is 2.80. The van der Waals surface area contributed by atoms with Gasteiger partial charge in [-0.3, -0.25) is 4.79 Å². The first-order valence-electron chi connectivity index (χ1n) is 6.86. The lowest BCUT2D eigenvalue weighted by Crippen LogP contribution is -2.21. The average Bonchev–Trinajstić information content (AvgIpc) is 2.41. The monoisotopic (exact) mass is 298 g/mol. The van der Waals surface area contributed by atoms with Crippen LogP contribution in [0.4, 0.5) is 0 Å². The number of hydrogen-bond acceptors (Lipinski definition) is 3. The highest BCUT2D eigenvalue weighted by atomic mass is 35.5. The molecule has 0 saturated heterocycles. The summed E-state index contributed by atoms with van der Waals surface area (Å²) in [5.74, 6) is 1.28. The largest absolute Gasteiger partial charge is 0.493 e. The molecule has 5 heteroatoms. The van der Waals surface area contributed by atoms with E-state index in [2.05, 4.69) is 24.5 Å². The Kier molecular flexibility index (Phi) is 7.41. The fourth-order valence-corrected chi connectivity index (χ4v) is 1.94. The Morgan fingerprint density at radius 3 is 2.80 bits per heavy atom. The van der Waals surface area contributed by atoms with Gasteiger partial charge in [0.1, 0.15) is 5.75 Å². The SMILES string of the molecule is CNC(=O)CCOc1cccc(Cl)c1CNCC(C)C. The highest BCUT2D eigenvalue weighted by molar-refractivity contribution is 6.31. The van der Waals surface area contributed by atoms with Gasteiger partial charge in [0, 0.05) is 24.2 Å². The molecular formula is C15H23ClN2O2. The molecule has 4 nitrogen and oxygen atoms in total. The summed E-state index contributed by atoms with van der Waals surface area (Å²) in [5.41, 5.74) is 0.937. The molecule has 0 unspecified atom stereocenters. The van der Waals surface area contributed by atoms with Crippen LogP contribution in [0, 0.1) is 5.92 Å². The van der Waals surface area contributed by atoms with E-state index in [0.717, 1.165) is 17.9 Å². The van der Waals surface area contributed by atoms with E-state index < -0.39 is 0 Å². The zero-order valence-electron chi connectivity index (χ0n) is 12.3. The minimum atomic E-state index is -0.0356. The van der Waals surface area contributed by atoms with Gasteiger partial charge in [0.25, 0.3) is 0 Å². The van der Waals surface area contributed by atoms with Gasteiger partial charge in [0.15, 0.2) is 0 Å². The highest BCUT2D eigenvalue weighted by Crippen LogP contribution is 2.26. The first-order chi connectivity index (χ1) is 9.54. The second kappa shape index (κ2) is 8.82. The number of benzene rings is 1. The summed E-state index contributed by atoms with van der Waals surface area (Å²) in [5, 5.41) is 6.59. The van der Waals surface area contributed by atoms with Gasteiger partial charge in [-0.25, -0.2) is 0 Å². The fourth-order valence-electron chi connectivity index (χ4n) is 1.71. The van der Waals surface area contributed by atoms with Crippen molar-refractivity contribution >= 4 is 17.5 Å². The van der Waals surface area contributed by atoms with E-state index in [1.54, 1.807) is 7.05 Å². The standard InChI is InChI=1S/C15H23ClN2O2/c1-11(2)9-18-10-12-13(16)5-4-6-14(12)20-8-7-15(19)17-3/h4-6,11,18H,7-10H2,1-3H3,(H,17,19). The summed E-state index contributed by atoms with van der Waals surface area (Å²) in [6.45, 7) is 6.23. The molecule has 1 rings (SSSR count). The molecule has 0 heterocycles. The Labute approximate surface area is 125 Å².